The van der Waals surface area contributed by atoms with Gasteiger partial charge in [0.1, 0.15) is 5.82 Å². The topological polar surface area (TPSA) is 54.3 Å². The van der Waals surface area contributed by atoms with Crippen LogP contribution in [0, 0.1) is 5.92 Å². The largest absolute Gasteiger partial charge is 0.357 e. The average molecular weight is 382 g/mol. The highest BCUT2D eigenvalue weighted by atomic mass is 16.2. The van der Waals surface area contributed by atoms with Crippen LogP contribution in [0.25, 0.3) is 0 Å². The van der Waals surface area contributed by atoms with E-state index in [2.05, 4.69) is 26.5 Å². The van der Waals surface area contributed by atoms with Gasteiger partial charge in [0.2, 0.25) is 0 Å². The first-order valence-electron chi connectivity index (χ1n) is 10.6. The number of rotatable bonds is 5. The van der Waals surface area contributed by atoms with Crippen molar-refractivity contribution < 1.29 is 4.79 Å². The summed E-state index contributed by atoms with van der Waals surface area (Å²) in [6, 6.07) is 4.53. The average Bonchev–Trinajstić information content (AvgIpc) is 3.27. The fraction of sp³-hybridized carbons (Fsp3) is 0.591. The van der Waals surface area contributed by atoms with Gasteiger partial charge in [0.05, 0.1) is 11.9 Å². The second-order valence-electron chi connectivity index (χ2n) is 8.33. The minimum absolute atomic E-state index is 0.106. The van der Waals surface area contributed by atoms with Crippen LogP contribution in [0.2, 0.25) is 0 Å². The summed E-state index contributed by atoms with van der Waals surface area (Å²) in [5.74, 6) is 1.56. The number of carbonyl (C=O) groups is 1. The van der Waals surface area contributed by atoms with Crippen molar-refractivity contribution in [3.8, 4) is 0 Å². The third-order valence-electron chi connectivity index (χ3n) is 6.31. The summed E-state index contributed by atoms with van der Waals surface area (Å²) >= 11 is 0. The molecule has 6 heteroatoms. The molecule has 1 atom stereocenters. The van der Waals surface area contributed by atoms with Crippen LogP contribution in [0.5, 0.6) is 0 Å². The first-order valence-corrected chi connectivity index (χ1v) is 10.6. The van der Waals surface area contributed by atoms with E-state index in [-0.39, 0.29) is 5.91 Å². The van der Waals surface area contributed by atoms with E-state index >= 15 is 0 Å². The Morgan fingerprint density at radius 3 is 2.75 bits per heavy atom. The van der Waals surface area contributed by atoms with Crippen molar-refractivity contribution in [3.05, 3.63) is 42.6 Å². The van der Waals surface area contributed by atoms with Gasteiger partial charge in [0, 0.05) is 51.3 Å². The Morgan fingerprint density at radius 1 is 1.18 bits per heavy atom. The minimum Gasteiger partial charge on any atom is -0.357 e. The molecule has 2 fully saturated rings. The predicted molar refractivity (Wildman–Crippen MR) is 110 cm³/mol. The van der Waals surface area contributed by atoms with E-state index in [9.17, 15) is 4.79 Å². The molecular formula is C22H31N5O. The van der Waals surface area contributed by atoms with Gasteiger partial charge in [-0.1, -0.05) is 19.3 Å². The number of imidazole rings is 1. The number of aromatic nitrogens is 3. The zero-order valence-corrected chi connectivity index (χ0v) is 16.8. The van der Waals surface area contributed by atoms with Crippen LogP contribution in [0.4, 0.5) is 5.82 Å². The molecule has 2 aliphatic rings. The van der Waals surface area contributed by atoms with Gasteiger partial charge in [-0.15, -0.1) is 0 Å². The highest BCUT2D eigenvalue weighted by Gasteiger charge is 2.25. The van der Waals surface area contributed by atoms with E-state index in [1.807, 2.05) is 35.8 Å². The molecule has 3 heterocycles. The number of nitrogens with zero attached hydrogens (tertiary/aromatic N) is 5. The minimum atomic E-state index is 0.106. The van der Waals surface area contributed by atoms with Crippen molar-refractivity contribution in [3.63, 3.8) is 0 Å². The Kier molecular flexibility index (Phi) is 5.93. The molecule has 28 heavy (non-hydrogen) atoms. The lowest BCUT2D eigenvalue weighted by molar-refractivity contribution is 0.0662. The summed E-state index contributed by atoms with van der Waals surface area (Å²) in [6.07, 6.45) is 16.1. The molecule has 0 radical (unpaired) electrons. The number of amides is 1. The summed E-state index contributed by atoms with van der Waals surface area (Å²) in [7, 11) is 2.13. The standard InChI is InChI=1S/C22H31N5O/c1-25(20-7-3-2-4-8-20)21-10-9-19(14-24-21)22(28)27-12-5-6-18(16-27)15-26-13-11-23-17-26/h9-11,13-14,17-18,20H,2-8,12,15-16H2,1H3/t18-/m1/s1. The van der Waals surface area contributed by atoms with Gasteiger partial charge < -0.3 is 14.4 Å². The van der Waals surface area contributed by atoms with E-state index in [1.165, 1.54) is 32.1 Å². The third kappa shape index (κ3) is 4.37. The van der Waals surface area contributed by atoms with Crippen molar-refractivity contribution in [2.45, 2.75) is 57.5 Å². The number of pyridine rings is 1. The number of likely N-dealkylation sites (tertiary alicyclic amines) is 1. The lowest BCUT2D eigenvalue weighted by Gasteiger charge is -2.33. The highest BCUT2D eigenvalue weighted by molar-refractivity contribution is 5.94. The molecular weight excluding hydrogens is 350 g/mol. The van der Waals surface area contributed by atoms with E-state index in [0.29, 0.717) is 17.5 Å². The predicted octanol–water partition coefficient (Wildman–Crippen LogP) is 3.60. The van der Waals surface area contributed by atoms with Crippen molar-refractivity contribution >= 4 is 11.7 Å². The zero-order chi connectivity index (χ0) is 19.3. The Bertz CT molecular complexity index is 752. The number of piperidine rings is 1. The molecule has 1 aliphatic carbocycles. The van der Waals surface area contributed by atoms with Crippen LogP contribution in [0.3, 0.4) is 0 Å². The van der Waals surface area contributed by atoms with Crippen LogP contribution in [0.1, 0.15) is 55.3 Å². The molecule has 150 valence electrons. The maximum atomic E-state index is 13.0. The second-order valence-corrected chi connectivity index (χ2v) is 8.33. The zero-order valence-electron chi connectivity index (χ0n) is 16.8. The van der Waals surface area contributed by atoms with E-state index < -0.39 is 0 Å². The molecule has 1 saturated carbocycles. The Labute approximate surface area is 167 Å². The summed E-state index contributed by atoms with van der Waals surface area (Å²) in [4.78, 5) is 26.0. The Morgan fingerprint density at radius 2 is 2.04 bits per heavy atom. The van der Waals surface area contributed by atoms with E-state index in [1.54, 1.807) is 6.20 Å². The normalized spacial score (nSPS) is 20.9. The summed E-state index contributed by atoms with van der Waals surface area (Å²) in [6.45, 7) is 2.57. The van der Waals surface area contributed by atoms with Crippen molar-refractivity contribution in [1.82, 2.24) is 19.4 Å². The SMILES string of the molecule is CN(c1ccc(C(=O)N2CCC[C@H](Cn3ccnc3)C2)cn1)C1CCCCC1. The molecule has 0 N–H and O–H groups in total. The molecule has 1 amide bonds. The molecule has 6 nitrogen and oxygen atoms in total. The Balaban J connectivity index is 1.37. The monoisotopic (exact) mass is 381 g/mol. The molecule has 1 aliphatic heterocycles. The molecule has 0 aromatic carbocycles. The fourth-order valence-electron chi connectivity index (χ4n) is 4.65. The van der Waals surface area contributed by atoms with Crippen LogP contribution >= 0.6 is 0 Å². The van der Waals surface area contributed by atoms with Gasteiger partial charge in [-0.3, -0.25) is 4.79 Å². The first kappa shape index (κ1) is 19.0. The number of hydrogen-bond donors (Lipinski definition) is 0. The second kappa shape index (κ2) is 8.76. The van der Waals surface area contributed by atoms with E-state index in [4.69, 9.17) is 0 Å². The maximum Gasteiger partial charge on any atom is 0.255 e. The molecule has 0 spiro atoms. The van der Waals surface area contributed by atoms with Crippen LogP contribution in [-0.2, 0) is 6.54 Å². The van der Waals surface area contributed by atoms with E-state index in [0.717, 1.165) is 38.3 Å². The van der Waals surface area contributed by atoms with Gasteiger partial charge in [0.25, 0.3) is 5.91 Å². The van der Waals surface area contributed by atoms with Crippen molar-refractivity contribution in [2.24, 2.45) is 5.92 Å². The fourth-order valence-corrected chi connectivity index (χ4v) is 4.65. The first-order chi connectivity index (χ1) is 13.7. The van der Waals surface area contributed by atoms with Crippen LogP contribution < -0.4 is 4.90 Å². The van der Waals surface area contributed by atoms with Crippen LogP contribution in [-0.4, -0.2) is 51.5 Å². The van der Waals surface area contributed by atoms with Gasteiger partial charge in [-0.2, -0.15) is 0 Å². The smallest absolute Gasteiger partial charge is 0.255 e. The summed E-state index contributed by atoms with van der Waals surface area (Å²) in [5, 5.41) is 0. The highest BCUT2D eigenvalue weighted by Crippen LogP contribution is 2.25. The van der Waals surface area contributed by atoms with Gasteiger partial charge in [0.15, 0.2) is 0 Å². The van der Waals surface area contributed by atoms with Gasteiger partial charge in [-0.05, 0) is 43.7 Å². The van der Waals surface area contributed by atoms with Crippen LogP contribution in [0.15, 0.2) is 37.1 Å². The summed E-state index contributed by atoms with van der Waals surface area (Å²) in [5.41, 5.74) is 0.698. The molecule has 2 aromatic rings. The van der Waals surface area contributed by atoms with Crippen molar-refractivity contribution in [2.75, 3.05) is 25.0 Å². The maximum absolute atomic E-state index is 13.0. The number of anilines is 1. The molecule has 2 aromatic heterocycles. The Hall–Kier alpha value is -2.37. The molecule has 1 saturated heterocycles. The van der Waals surface area contributed by atoms with Gasteiger partial charge in [-0.25, -0.2) is 9.97 Å². The molecule has 0 bridgehead atoms. The third-order valence-corrected chi connectivity index (χ3v) is 6.31. The quantitative estimate of drug-likeness (QED) is 0.794. The molecule has 0 unspecified atom stereocenters. The van der Waals surface area contributed by atoms with Gasteiger partial charge >= 0.3 is 0 Å². The summed E-state index contributed by atoms with van der Waals surface area (Å²) < 4.78 is 2.11. The lowest BCUT2D eigenvalue weighted by Crippen LogP contribution is -2.41. The van der Waals surface area contributed by atoms with Crippen molar-refractivity contribution in [1.29, 1.82) is 0 Å². The molecule has 4 rings (SSSR count). The lowest BCUT2D eigenvalue weighted by atomic mass is 9.94. The number of carbonyl (C=O) groups excluding carboxylic acids is 1. The number of hydrogen-bond acceptors (Lipinski definition) is 4.